The van der Waals surface area contributed by atoms with E-state index in [9.17, 15) is 4.79 Å². The van der Waals surface area contributed by atoms with Crippen molar-refractivity contribution in [2.45, 2.75) is 6.92 Å². The maximum absolute atomic E-state index is 12.0. The van der Waals surface area contributed by atoms with Gasteiger partial charge in [-0.3, -0.25) is 9.48 Å². The second kappa shape index (κ2) is 7.26. The SMILES string of the molecule is CCOc1cc(C=CC(=O)c2cnn(C)c2)cc(Br)c1OC. The van der Waals surface area contributed by atoms with Crippen LogP contribution in [0.4, 0.5) is 0 Å². The molecular weight excluding hydrogens is 348 g/mol. The number of methoxy groups -OCH3 is 1. The van der Waals surface area contributed by atoms with Gasteiger partial charge in [-0.25, -0.2) is 0 Å². The monoisotopic (exact) mass is 364 g/mol. The Balaban J connectivity index is 2.25. The summed E-state index contributed by atoms with van der Waals surface area (Å²) >= 11 is 3.45. The van der Waals surface area contributed by atoms with E-state index >= 15 is 0 Å². The van der Waals surface area contributed by atoms with Gasteiger partial charge < -0.3 is 9.47 Å². The number of hydrogen-bond donors (Lipinski definition) is 0. The Morgan fingerprint density at radius 3 is 2.82 bits per heavy atom. The van der Waals surface area contributed by atoms with Crippen LogP contribution in [0.25, 0.3) is 6.08 Å². The van der Waals surface area contributed by atoms with Crippen LogP contribution in [-0.4, -0.2) is 29.3 Å². The molecule has 0 fully saturated rings. The first kappa shape index (κ1) is 16.3. The highest BCUT2D eigenvalue weighted by atomic mass is 79.9. The smallest absolute Gasteiger partial charge is 0.189 e. The molecule has 0 unspecified atom stereocenters. The van der Waals surface area contributed by atoms with Crippen molar-refractivity contribution >= 4 is 27.8 Å². The van der Waals surface area contributed by atoms with Crippen LogP contribution in [0.5, 0.6) is 11.5 Å². The van der Waals surface area contributed by atoms with Crippen molar-refractivity contribution in [2.75, 3.05) is 13.7 Å². The van der Waals surface area contributed by atoms with Gasteiger partial charge in [0.2, 0.25) is 0 Å². The van der Waals surface area contributed by atoms with E-state index < -0.39 is 0 Å². The second-order valence-corrected chi connectivity index (χ2v) is 5.42. The summed E-state index contributed by atoms with van der Waals surface area (Å²) in [6.07, 6.45) is 6.48. The lowest BCUT2D eigenvalue weighted by atomic mass is 10.1. The molecule has 0 aliphatic carbocycles. The zero-order valence-electron chi connectivity index (χ0n) is 12.7. The van der Waals surface area contributed by atoms with Gasteiger partial charge in [0.25, 0.3) is 0 Å². The molecule has 1 aromatic heterocycles. The van der Waals surface area contributed by atoms with E-state index in [-0.39, 0.29) is 5.78 Å². The van der Waals surface area contributed by atoms with Gasteiger partial charge in [0, 0.05) is 13.2 Å². The van der Waals surface area contributed by atoms with E-state index in [1.807, 2.05) is 19.1 Å². The number of benzene rings is 1. The lowest BCUT2D eigenvalue weighted by Gasteiger charge is -2.11. The molecule has 0 N–H and O–H groups in total. The highest BCUT2D eigenvalue weighted by molar-refractivity contribution is 9.10. The van der Waals surface area contributed by atoms with Crippen molar-refractivity contribution < 1.29 is 14.3 Å². The van der Waals surface area contributed by atoms with Gasteiger partial charge in [0.15, 0.2) is 17.3 Å². The lowest BCUT2D eigenvalue weighted by molar-refractivity contribution is 0.104. The van der Waals surface area contributed by atoms with Crippen molar-refractivity contribution in [1.29, 1.82) is 0 Å². The Hall–Kier alpha value is -2.08. The van der Waals surface area contributed by atoms with Crippen LogP contribution in [0.2, 0.25) is 0 Å². The minimum atomic E-state index is -0.0991. The molecule has 0 bridgehead atoms. The van der Waals surface area contributed by atoms with Gasteiger partial charge in [0.05, 0.1) is 29.9 Å². The number of carbonyl (C=O) groups excluding carboxylic acids is 1. The van der Waals surface area contributed by atoms with Crippen molar-refractivity contribution in [3.8, 4) is 11.5 Å². The van der Waals surface area contributed by atoms with E-state index in [2.05, 4.69) is 21.0 Å². The summed E-state index contributed by atoms with van der Waals surface area (Å²) in [5.74, 6) is 1.17. The summed E-state index contributed by atoms with van der Waals surface area (Å²) in [4.78, 5) is 12.0. The topological polar surface area (TPSA) is 53.3 Å². The molecule has 22 heavy (non-hydrogen) atoms. The Kier molecular flexibility index (Phi) is 5.38. The minimum absolute atomic E-state index is 0.0991. The van der Waals surface area contributed by atoms with Gasteiger partial charge >= 0.3 is 0 Å². The molecule has 6 heteroatoms. The van der Waals surface area contributed by atoms with Crippen LogP contribution in [0.15, 0.2) is 35.1 Å². The molecule has 0 aliphatic heterocycles. The van der Waals surface area contributed by atoms with Crippen LogP contribution in [0.1, 0.15) is 22.8 Å². The summed E-state index contributed by atoms with van der Waals surface area (Å²) in [5.41, 5.74) is 1.39. The Morgan fingerprint density at radius 1 is 1.45 bits per heavy atom. The first-order chi connectivity index (χ1) is 10.5. The number of ether oxygens (including phenoxy) is 2. The zero-order chi connectivity index (χ0) is 16.1. The van der Waals surface area contributed by atoms with Gasteiger partial charge in [-0.15, -0.1) is 0 Å². The molecule has 0 radical (unpaired) electrons. The normalized spacial score (nSPS) is 10.9. The summed E-state index contributed by atoms with van der Waals surface area (Å²) in [5, 5.41) is 3.99. The number of ketones is 1. The van der Waals surface area contributed by atoms with E-state index in [4.69, 9.17) is 9.47 Å². The molecule has 1 heterocycles. The van der Waals surface area contributed by atoms with E-state index in [1.165, 1.54) is 6.08 Å². The number of hydrogen-bond acceptors (Lipinski definition) is 4. The maximum Gasteiger partial charge on any atom is 0.189 e. The number of aromatic nitrogens is 2. The maximum atomic E-state index is 12.0. The molecule has 5 nitrogen and oxygen atoms in total. The third-order valence-electron chi connectivity index (χ3n) is 2.95. The minimum Gasteiger partial charge on any atom is -0.492 e. The molecule has 0 aliphatic rings. The van der Waals surface area contributed by atoms with Gasteiger partial charge in [0.1, 0.15) is 0 Å². The van der Waals surface area contributed by atoms with Crippen molar-refractivity contribution in [3.63, 3.8) is 0 Å². The first-order valence-electron chi connectivity index (χ1n) is 6.76. The molecule has 116 valence electrons. The Labute approximate surface area is 137 Å². The molecule has 0 saturated heterocycles. The Bertz CT molecular complexity index is 707. The standard InChI is InChI=1S/C16H17BrN2O3/c1-4-22-15-8-11(7-13(17)16(15)21-3)5-6-14(20)12-9-18-19(2)10-12/h5-10H,4H2,1-3H3. The van der Waals surface area contributed by atoms with Crippen LogP contribution >= 0.6 is 15.9 Å². The van der Waals surface area contributed by atoms with Crippen molar-refractivity contribution in [3.05, 3.63) is 46.2 Å². The van der Waals surface area contributed by atoms with Crippen LogP contribution < -0.4 is 9.47 Å². The highest BCUT2D eigenvalue weighted by Crippen LogP contribution is 2.36. The zero-order valence-corrected chi connectivity index (χ0v) is 14.3. The number of carbonyl (C=O) groups is 1. The summed E-state index contributed by atoms with van der Waals surface area (Å²) in [6, 6.07) is 3.70. The Morgan fingerprint density at radius 2 is 2.23 bits per heavy atom. The predicted octanol–water partition coefficient (Wildman–Crippen LogP) is 3.49. The number of nitrogens with zero attached hydrogens (tertiary/aromatic N) is 2. The largest absolute Gasteiger partial charge is 0.492 e. The molecule has 0 atom stereocenters. The second-order valence-electron chi connectivity index (χ2n) is 4.57. The average molecular weight is 365 g/mol. The van der Waals surface area contributed by atoms with E-state index in [0.717, 1.165) is 10.0 Å². The lowest BCUT2D eigenvalue weighted by Crippen LogP contribution is -1.97. The predicted molar refractivity (Wildman–Crippen MR) is 88.4 cm³/mol. The fraction of sp³-hybridized carbons (Fsp3) is 0.250. The molecule has 0 spiro atoms. The molecule has 1 aromatic carbocycles. The molecular formula is C16H17BrN2O3. The molecule has 0 saturated carbocycles. The van der Waals surface area contributed by atoms with Crippen LogP contribution in [0.3, 0.4) is 0 Å². The highest BCUT2D eigenvalue weighted by Gasteiger charge is 2.10. The van der Waals surface area contributed by atoms with Crippen molar-refractivity contribution in [2.24, 2.45) is 7.05 Å². The van der Waals surface area contributed by atoms with Crippen LogP contribution in [0, 0.1) is 0 Å². The molecule has 0 amide bonds. The number of halogens is 1. The molecule has 2 aromatic rings. The fourth-order valence-corrected chi connectivity index (χ4v) is 2.58. The number of rotatable bonds is 6. The number of allylic oxidation sites excluding steroid dienone is 1. The quantitative estimate of drug-likeness (QED) is 0.581. The van der Waals surface area contributed by atoms with Gasteiger partial charge in [-0.05, 0) is 46.6 Å². The average Bonchev–Trinajstić information content (AvgIpc) is 2.91. The van der Waals surface area contributed by atoms with E-state index in [0.29, 0.717) is 23.7 Å². The third kappa shape index (κ3) is 3.76. The van der Waals surface area contributed by atoms with Gasteiger partial charge in [-0.1, -0.05) is 6.08 Å². The molecule has 2 rings (SSSR count). The van der Waals surface area contributed by atoms with Crippen molar-refractivity contribution in [1.82, 2.24) is 9.78 Å². The summed E-state index contributed by atoms with van der Waals surface area (Å²) < 4.78 is 13.2. The van der Waals surface area contributed by atoms with Gasteiger partial charge in [-0.2, -0.15) is 5.10 Å². The van der Waals surface area contributed by atoms with E-state index in [1.54, 1.807) is 37.3 Å². The summed E-state index contributed by atoms with van der Waals surface area (Å²) in [6.45, 7) is 2.44. The number of aryl methyl sites for hydroxylation is 1. The van der Waals surface area contributed by atoms with Crippen LogP contribution in [-0.2, 0) is 7.05 Å². The third-order valence-corrected chi connectivity index (χ3v) is 3.54. The first-order valence-corrected chi connectivity index (χ1v) is 7.55. The fourth-order valence-electron chi connectivity index (χ4n) is 1.96. The summed E-state index contributed by atoms with van der Waals surface area (Å²) in [7, 11) is 3.36.